The van der Waals surface area contributed by atoms with Crippen LogP contribution >= 0.6 is 11.3 Å². The van der Waals surface area contributed by atoms with Gasteiger partial charge in [0.15, 0.2) is 0 Å². The first kappa shape index (κ1) is 35.2. The minimum atomic E-state index is -0.0562. The third-order valence-electron chi connectivity index (χ3n) is 12.3. The fraction of sp³-hybridized carbons (Fsp3) is 0.0526. The molecule has 59 heavy (non-hydrogen) atoms. The van der Waals surface area contributed by atoms with Crippen LogP contribution in [-0.4, -0.2) is 0 Å². The Hall–Kier alpha value is -7.00. The summed E-state index contributed by atoms with van der Waals surface area (Å²) in [7, 11) is 0. The lowest BCUT2D eigenvalue weighted by molar-refractivity contribution is 0.660. The molecule has 0 saturated heterocycles. The Balaban J connectivity index is 1.16. The van der Waals surface area contributed by atoms with Crippen molar-refractivity contribution in [2.24, 2.45) is 0 Å². The van der Waals surface area contributed by atoms with E-state index in [1.165, 1.54) is 86.9 Å². The van der Waals surface area contributed by atoms with Crippen molar-refractivity contribution < 1.29 is 0 Å². The highest BCUT2D eigenvalue weighted by Crippen LogP contribution is 2.53. The van der Waals surface area contributed by atoms with Crippen molar-refractivity contribution in [3.05, 3.63) is 223 Å². The quantitative estimate of drug-likeness (QED) is 0.156. The molecule has 0 saturated carbocycles. The second-order valence-corrected chi connectivity index (χ2v) is 17.1. The maximum Gasteiger partial charge on any atom is 0.0546 e. The summed E-state index contributed by atoms with van der Waals surface area (Å²) in [6.45, 7) is 4.71. The summed E-state index contributed by atoms with van der Waals surface area (Å²) in [6.07, 6.45) is 0. The van der Waals surface area contributed by atoms with Crippen LogP contribution in [0.3, 0.4) is 0 Å². The van der Waals surface area contributed by atoms with Gasteiger partial charge in [-0.2, -0.15) is 0 Å². The Bertz CT molecular complexity index is 3170. The molecule has 0 bridgehead atoms. The predicted octanol–water partition coefficient (Wildman–Crippen LogP) is 16.5. The fourth-order valence-corrected chi connectivity index (χ4v) is 10.6. The van der Waals surface area contributed by atoms with Crippen LogP contribution in [0.1, 0.15) is 25.0 Å². The van der Waals surface area contributed by atoms with E-state index < -0.39 is 0 Å². The molecule has 9 aromatic carbocycles. The highest BCUT2D eigenvalue weighted by Gasteiger charge is 2.36. The van der Waals surface area contributed by atoms with E-state index in [9.17, 15) is 0 Å². The molecule has 1 aliphatic rings. The topological polar surface area (TPSA) is 3.24 Å². The number of hydrogen-bond acceptors (Lipinski definition) is 2. The number of nitrogens with zero attached hydrogens (tertiary/aromatic N) is 1. The Morgan fingerprint density at radius 1 is 0.356 bits per heavy atom. The monoisotopic (exact) mass is 771 g/mol. The van der Waals surface area contributed by atoms with Gasteiger partial charge < -0.3 is 4.90 Å². The largest absolute Gasteiger partial charge is 0.310 e. The van der Waals surface area contributed by atoms with E-state index in [0.29, 0.717) is 0 Å². The average molecular weight is 772 g/mol. The summed E-state index contributed by atoms with van der Waals surface area (Å²) in [6, 6.07) is 78.2. The molecular weight excluding hydrogens is 731 g/mol. The number of anilines is 3. The Labute approximate surface area is 350 Å². The third kappa shape index (κ3) is 5.82. The van der Waals surface area contributed by atoms with Gasteiger partial charge in [-0.1, -0.05) is 184 Å². The Morgan fingerprint density at radius 3 is 1.64 bits per heavy atom. The van der Waals surface area contributed by atoms with E-state index in [1.807, 2.05) is 11.3 Å². The maximum absolute atomic E-state index is 2.48. The highest BCUT2D eigenvalue weighted by molar-refractivity contribution is 7.25. The number of rotatable bonds is 7. The normalized spacial score (nSPS) is 12.7. The summed E-state index contributed by atoms with van der Waals surface area (Å²) in [5, 5.41) is 2.56. The molecule has 11 rings (SSSR count). The van der Waals surface area contributed by atoms with Gasteiger partial charge in [0.05, 0.1) is 5.69 Å². The molecule has 0 atom stereocenters. The van der Waals surface area contributed by atoms with Gasteiger partial charge >= 0.3 is 0 Å². The molecule has 1 aromatic heterocycles. The molecule has 0 radical (unpaired) electrons. The highest BCUT2D eigenvalue weighted by atomic mass is 32.1. The fourth-order valence-electron chi connectivity index (χ4n) is 9.50. The standard InChI is InChI=1S/C57H41NS/c1-57(2)50-27-13-11-24-48(50)55-44(25-15-28-51(55)57)40-31-33-41(34-32-40)58(42-35-36-54-49(37-42)46-22-12-14-30-53(46)59-54)52-29-16-26-45(39-19-7-4-8-20-39)56(52)47-23-10-9-21-43(47)38-17-5-3-6-18-38/h3-37H,1-2H3. The Morgan fingerprint density at radius 2 is 0.881 bits per heavy atom. The lowest BCUT2D eigenvalue weighted by Gasteiger charge is -2.30. The lowest BCUT2D eigenvalue weighted by Crippen LogP contribution is -2.14. The summed E-state index contributed by atoms with van der Waals surface area (Å²) in [4.78, 5) is 2.48. The summed E-state index contributed by atoms with van der Waals surface area (Å²) in [5.74, 6) is 0. The molecule has 0 fully saturated rings. The van der Waals surface area contributed by atoms with E-state index >= 15 is 0 Å². The lowest BCUT2D eigenvalue weighted by atomic mass is 9.82. The van der Waals surface area contributed by atoms with Crippen molar-refractivity contribution in [1.29, 1.82) is 0 Å². The molecule has 1 nitrogen and oxygen atoms in total. The first-order valence-corrected chi connectivity index (χ1v) is 21.2. The summed E-state index contributed by atoms with van der Waals surface area (Å²) in [5.41, 5.74) is 18.4. The molecule has 1 aliphatic carbocycles. The van der Waals surface area contributed by atoms with Gasteiger partial charge in [0.2, 0.25) is 0 Å². The van der Waals surface area contributed by atoms with E-state index in [4.69, 9.17) is 0 Å². The van der Waals surface area contributed by atoms with Gasteiger partial charge in [-0.3, -0.25) is 0 Å². The predicted molar refractivity (Wildman–Crippen MR) is 253 cm³/mol. The Kier molecular flexibility index (Phi) is 8.43. The van der Waals surface area contributed by atoms with Crippen molar-refractivity contribution in [3.63, 3.8) is 0 Å². The van der Waals surface area contributed by atoms with E-state index in [2.05, 4.69) is 231 Å². The van der Waals surface area contributed by atoms with E-state index in [1.54, 1.807) is 0 Å². The van der Waals surface area contributed by atoms with Crippen LogP contribution in [-0.2, 0) is 5.41 Å². The summed E-state index contributed by atoms with van der Waals surface area (Å²) < 4.78 is 2.60. The van der Waals surface area contributed by atoms with Crippen LogP contribution in [0.2, 0.25) is 0 Å². The van der Waals surface area contributed by atoms with Gasteiger partial charge in [0.1, 0.15) is 0 Å². The number of benzene rings is 9. The first-order chi connectivity index (χ1) is 29.0. The van der Waals surface area contributed by atoms with Crippen LogP contribution in [0.4, 0.5) is 17.1 Å². The molecule has 0 unspecified atom stereocenters. The van der Waals surface area contributed by atoms with Crippen LogP contribution < -0.4 is 4.90 Å². The average Bonchev–Trinajstić information content (AvgIpc) is 3.79. The molecule has 0 spiro atoms. The van der Waals surface area contributed by atoms with Gasteiger partial charge in [0.25, 0.3) is 0 Å². The zero-order chi connectivity index (χ0) is 39.5. The zero-order valence-electron chi connectivity index (χ0n) is 33.1. The molecule has 0 aliphatic heterocycles. The van der Waals surface area contributed by atoms with Crippen molar-refractivity contribution in [1.82, 2.24) is 0 Å². The molecule has 0 amide bonds. The van der Waals surface area contributed by atoms with Gasteiger partial charge in [-0.25, -0.2) is 0 Å². The molecule has 0 N–H and O–H groups in total. The number of thiophene rings is 1. The van der Waals surface area contributed by atoms with Crippen molar-refractivity contribution >= 4 is 48.6 Å². The molecular formula is C57H41NS. The summed E-state index contributed by atoms with van der Waals surface area (Å²) >= 11 is 1.86. The maximum atomic E-state index is 2.48. The van der Waals surface area contributed by atoms with Crippen molar-refractivity contribution in [2.45, 2.75) is 19.3 Å². The second-order valence-electron chi connectivity index (χ2n) is 16.0. The number of fused-ring (bicyclic) bond motifs is 6. The van der Waals surface area contributed by atoms with Gasteiger partial charge in [0, 0.05) is 42.5 Å². The van der Waals surface area contributed by atoms with Crippen LogP contribution in [0, 0.1) is 0 Å². The minimum absolute atomic E-state index is 0.0562. The van der Waals surface area contributed by atoms with E-state index in [-0.39, 0.29) is 5.41 Å². The van der Waals surface area contributed by atoms with Crippen LogP contribution in [0.15, 0.2) is 212 Å². The van der Waals surface area contributed by atoms with Crippen LogP contribution in [0.25, 0.3) is 75.8 Å². The molecule has 10 aromatic rings. The van der Waals surface area contributed by atoms with Crippen molar-refractivity contribution in [3.8, 4) is 55.6 Å². The third-order valence-corrected chi connectivity index (χ3v) is 13.5. The minimum Gasteiger partial charge on any atom is -0.310 e. The second kappa shape index (κ2) is 14.1. The first-order valence-electron chi connectivity index (χ1n) is 20.4. The number of hydrogen-bond donors (Lipinski definition) is 0. The van der Waals surface area contributed by atoms with Crippen molar-refractivity contribution in [2.75, 3.05) is 4.90 Å². The van der Waals surface area contributed by atoms with Gasteiger partial charge in [-0.05, 0) is 104 Å². The van der Waals surface area contributed by atoms with Gasteiger partial charge in [-0.15, -0.1) is 11.3 Å². The zero-order valence-corrected chi connectivity index (χ0v) is 33.9. The van der Waals surface area contributed by atoms with Crippen LogP contribution in [0.5, 0.6) is 0 Å². The molecule has 1 heterocycles. The van der Waals surface area contributed by atoms with E-state index in [0.717, 1.165) is 17.1 Å². The molecule has 2 heteroatoms. The smallest absolute Gasteiger partial charge is 0.0546 e. The SMILES string of the molecule is CC1(C)c2ccccc2-c2c(-c3ccc(N(c4ccc5sc6ccccc6c5c4)c4cccc(-c5ccccc5)c4-c4ccccc4-c4ccccc4)cc3)cccc21. The molecule has 280 valence electrons.